The summed E-state index contributed by atoms with van der Waals surface area (Å²) in [6.07, 6.45) is 1.22. The quantitative estimate of drug-likeness (QED) is 0.858. The van der Waals surface area contributed by atoms with Gasteiger partial charge in [-0.2, -0.15) is 5.10 Å². The fourth-order valence-electron chi connectivity index (χ4n) is 3.21. The van der Waals surface area contributed by atoms with Gasteiger partial charge in [-0.3, -0.25) is 4.79 Å². The Morgan fingerprint density at radius 1 is 1.35 bits per heavy atom. The van der Waals surface area contributed by atoms with Crippen molar-refractivity contribution in [3.05, 3.63) is 35.4 Å². The number of Topliss-reactive ketones (excluding diaryl/α,β-unsaturated/α-hetero) is 1. The van der Waals surface area contributed by atoms with Crippen LogP contribution in [0.25, 0.3) is 0 Å². The van der Waals surface area contributed by atoms with Crippen LogP contribution < -0.4 is 5.43 Å². The van der Waals surface area contributed by atoms with Crippen molar-refractivity contribution in [3.63, 3.8) is 0 Å². The van der Waals surface area contributed by atoms with Crippen molar-refractivity contribution in [2.24, 2.45) is 16.4 Å². The average molecular weight is 278 g/mol. The van der Waals surface area contributed by atoms with Crippen LogP contribution in [-0.2, 0) is 4.79 Å². The minimum atomic E-state index is -0.939. The highest BCUT2D eigenvalue weighted by Crippen LogP contribution is 2.39. The molecule has 0 aromatic heterocycles. The van der Waals surface area contributed by atoms with Gasteiger partial charge in [-0.1, -0.05) is 19.9 Å². The lowest BCUT2D eigenvalue weighted by Gasteiger charge is -2.36. The summed E-state index contributed by atoms with van der Waals surface area (Å²) in [5.74, 6) is -2.29. The van der Waals surface area contributed by atoms with E-state index in [1.807, 2.05) is 13.8 Å². The molecule has 1 aromatic rings. The molecule has 1 aliphatic heterocycles. The number of hydrazone groups is 1. The highest BCUT2D eigenvalue weighted by molar-refractivity contribution is 6.15. The summed E-state index contributed by atoms with van der Waals surface area (Å²) >= 11 is 0. The van der Waals surface area contributed by atoms with Gasteiger partial charge >= 0.3 is 0 Å². The lowest BCUT2D eigenvalue weighted by atomic mass is 9.68. The standard InChI is InChI=1S/C15H16F2N2O/c1-15(2)6-10-12(11(20)7-15)14(19-18-10)8-4-3-5-9(16)13(8)17/h3-5,10,12,18H,6-7H2,1-2H3/t10-,12-/m1/s1. The van der Waals surface area contributed by atoms with Crippen molar-refractivity contribution in [2.75, 3.05) is 0 Å². The molecule has 1 heterocycles. The molecule has 20 heavy (non-hydrogen) atoms. The number of hydrogen-bond acceptors (Lipinski definition) is 3. The molecule has 0 amide bonds. The van der Waals surface area contributed by atoms with Crippen molar-refractivity contribution in [3.8, 4) is 0 Å². The van der Waals surface area contributed by atoms with E-state index in [0.717, 1.165) is 12.5 Å². The van der Waals surface area contributed by atoms with E-state index in [9.17, 15) is 13.6 Å². The minimum absolute atomic E-state index is 0.0404. The molecule has 0 radical (unpaired) electrons. The Morgan fingerprint density at radius 3 is 2.85 bits per heavy atom. The first kappa shape index (κ1) is 13.2. The van der Waals surface area contributed by atoms with E-state index in [0.29, 0.717) is 12.1 Å². The van der Waals surface area contributed by atoms with Crippen LogP contribution in [0.5, 0.6) is 0 Å². The van der Waals surface area contributed by atoms with Crippen molar-refractivity contribution in [2.45, 2.75) is 32.7 Å². The molecule has 1 saturated carbocycles. The molecule has 1 aliphatic carbocycles. The lowest BCUT2D eigenvalue weighted by Crippen LogP contribution is -2.45. The highest BCUT2D eigenvalue weighted by Gasteiger charge is 2.46. The van der Waals surface area contributed by atoms with E-state index < -0.39 is 17.6 Å². The number of fused-ring (bicyclic) bond motifs is 1. The Morgan fingerprint density at radius 2 is 2.10 bits per heavy atom. The zero-order chi connectivity index (χ0) is 14.5. The average Bonchev–Trinajstić information content (AvgIpc) is 2.74. The monoisotopic (exact) mass is 278 g/mol. The zero-order valence-electron chi connectivity index (χ0n) is 11.4. The van der Waals surface area contributed by atoms with Crippen LogP contribution in [0.15, 0.2) is 23.3 Å². The van der Waals surface area contributed by atoms with E-state index in [4.69, 9.17) is 0 Å². The molecule has 0 saturated heterocycles. The van der Waals surface area contributed by atoms with Crippen molar-refractivity contribution >= 4 is 11.5 Å². The third kappa shape index (κ3) is 2.01. The number of benzene rings is 1. The molecule has 0 unspecified atom stereocenters. The molecule has 1 N–H and O–H groups in total. The molecular weight excluding hydrogens is 262 g/mol. The maximum Gasteiger partial charge on any atom is 0.167 e. The largest absolute Gasteiger partial charge is 0.306 e. The second-order valence-corrected chi connectivity index (χ2v) is 6.32. The van der Waals surface area contributed by atoms with Gasteiger partial charge in [-0.15, -0.1) is 0 Å². The number of carbonyl (C=O) groups is 1. The summed E-state index contributed by atoms with van der Waals surface area (Å²) in [4.78, 5) is 12.3. The molecule has 2 atom stereocenters. The van der Waals surface area contributed by atoms with Gasteiger partial charge in [0.2, 0.25) is 0 Å². The number of carbonyl (C=O) groups excluding carboxylic acids is 1. The fourth-order valence-corrected chi connectivity index (χ4v) is 3.21. The van der Waals surface area contributed by atoms with Gasteiger partial charge in [0.25, 0.3) is 0 Å². The van der Waals surface area contributed by atoms with E-state index in [1.54, 1.807) is 0 Å². The van der Waals surface area contributed by atoms with E-state index in [1.165, 1.54) is 12.1 Å². The maximum atomic E-state index is 13.9. The first-order valence-electron chi connectivity index (χ1n) is 6.69. The molecule has 5 heteroatoms. The number of hydrogen-bond donors (Lipinski definition) is 1. The Balaban J connectivity index is 1.98. The predicted octanol–water partition coefficient (Wildman–Crippen LogP) is 2.65. The molecule has 3 nitrogen and oxygen atoms in total. The summed E-state index contributed by atoms with van der Waals surface area (Å²) in [5, 5.41) is 4.11. The number of ketones is 1. The number of nitrogens with one attached hydrogen (secondary N) is 1. The molecule has 1 aromatic carbocycles. The second kappa shape index (κ2) is 4.36. The molecule has 1 fully saturated rings. The van der Waals surface area contributed by atoms with Crippen LogP contribution in [-0.4, -0.2) is 17.5 Å². The van der Waals surface area contributed by atoms with E-state index >= 15 is 0 Å². The van der Waals surface area contributed by atoms with Crippen LogP contribution >= 0.6 is 0 Å². The van der Waals surface area contributed by atoms with Crippen LogP contribution in [0.4, 0.5) is 8.78 Å². The van der Waals surface area contributed by atoms with E-state index in [2.05, 4.69) is 10.5 Å². The lowest BCUT2D eigenvalue weighted by molar-refractivity contribution is -0.126. The zero-order valence-corrected chi connectivity index (χ0v) is 11.4. The predicted molar refractivity (Wildman–Crippen MR) is 71.3 cm³/mol. The van der Waals surface area contributed by atoms with Crippen molar-refractivity contribution < 1.29 is 13.6 Å². The number of rotatable bonds is 1. The third-order valence-corrected chi connectivity index (χ3v) is 4.05. The van der Waals surface area contributed by atoms with Gasteiger partial charge in [0, 0.05) is 12.0 Å². The first-order valence-corrected chi connectivity index (χ1v) is 6.69. The van der Waals surface area contributed by atoms with Gasteiger partial charge < -0.3 is 5.43 Å². The van der Waals surface area contributed by atoms with Crippen LogP contribution in [0.2, 0.25) is 0 Å². The van der Waals surface area contributed by atoms with Gasteiger partial charge in [0.15, 0.2) is 11.6 Å². The second-order valence-electron chi connectivity index (χ2n) is 6.32. The number of halogens is 2. The molecule has 0 spiro atoms. The smallest absolute Gasteiger partial charge is 0.167 e. The normalized spacial score (nSPS) is 27.8. The van der Waals surface area contributed by atoms with Gasteiger partial charge in [0.1, 0.15) is 5.78 Å². The maximum absolute atomic E-state index is 13.9. The van der Waals surface area contributed by atoms with Crippen molar-refractivity contribution in [1.82, 2.24) is 5.43 Å². The topological polar surface area (TPSA) is 41.5 Å². The molecule has 3 rings (SSSR count). The Labute approximate surface area is 116 Å². The van der Waals surface area contributed by atoms with Crippen molar-refractivity contribution in [1.29, 1.82) is 0 Å². The first-order chi connectivity index (χ1) is 9.39. The minimum Gasteiger partial charge on any atom is -0.306 e. The van der Waals surface area contributed by atoms with Crippen LogP contribution in [0.3, 0.4) is 0 Å². The molecule has 106 valence electrons. The summed E-state index contributed by atoms with van der Waals surface area (Å²) in [5.41, 5.74) is 3.24. The van der Waals surface area contributed by atoms with Crippen LogP contribution in [0, 0.1) is 23.0 Å². The molecular formula is C15H16F2N2O. The van der Waals surface area contributed by atoms with Gasteiger partial charge in [-0.05, 0) is 24.0 Å². The molecule has 0 bridgehead atoms. The fraction of sp³-hybridized carbons (Fsp3) is 0.467. The molecule has 2 aliphatic rings. The van der Waals surface area contributed by atoms with Gasteiger partial charge in [0.05, 0.1) is 17.7 Å². The van der Waals surface area contributed by atoms with Gasteiger partial charge in [-0.25, -0.2) is 8.78 Å². The van der Waals surface area contributed by atoms with E-state index in [-0.39, 0.29) is 22.8 Å². The highest BCUT2D eigenvalue weighted by atomic mass is 19.2. The summed E-state index contributed by atoms with van der Waals surface area (Å²) in [7, 11) is 0. The Hall–Kier alpha value is -1.78. The summed E-state index contributed by atoms with van der Waals surface area (Å²) in [6.45, 7) is 4.06. The van der Waals surface area contributed by atoms with Crippen LogP contribution in [0.1, 0.15) is 32.3 Å². The third-order valence-electron chi connectivity index (χ3n) is 4.05. The number of nitrogens with zero attached hydrogens (tertiary/aromatic N) is 1. The summed E-state index contributed by atoms with van der Waals surface area (Å²) < 4.78 is 27.2. The Kier molecular flexibility index (Phi) is 2.88. The Bertz CT molecular complexity index is 610. The SMILES string of the molecule is CC1(C)CC(=O)[C@@H]2C(c3cccc(F)c3F)=NN[C@@H]2C1. The summed E-state index contributed by atoms with van der Waals surface area (Å²) in [6, 6.07) is 3.84.